The number of piperidine rings is 1. The number of hydrogen-bond acceptors (Lipinski definition) is 2. The van der Waals surface area contributed by atoms with Gasteiger partial charge in [0.1, 0.15) is 0 Å². The van der Waals surface area contributed by atoms with Crippen molar-refractivity contribution >= 4 is 5.91 Å². The average Bonchev–Trinajstić information content (AvgIpc) is 2.15. The zero-order valence-corrected chi connectivity index (χ0v) is 7.55. The first kappa shape index (κ1) is 8.05. The number of likely N-dealkylation sites (tertiary alicyclic amines) is 1. The predicted molar refractivity (Wildman–Crippen MR) is 46.8 cm³/mol. The van der Waals surface area contributed by atoms with Crippen molar-refractivity contribution in [1.82, 2.24) is 10.2 Å². The van der Waals surface area contributed by atoms with Crippen LogP contribution in [0.2, 0.25) is 0 Å². The molecule has 2 fully saturated rings. The third kappa shape index (κ3) is 1.22. The summed E-state index contributed by atoms with van der Waals surface area (Å²) < 4.78 is 0. The van der Waals surface area contributed by atoms with Gasteiger partial charge in [-0.1, -0.05) is 6.92 Å². The Hall–Kier alpha value is -0.570. The lowest BCUT2D eigenvalue weighted by Gasteiger charge is -2.44. The van der Waals surface area contributed by atoms with Crippen molar-refractivity contribution in [2.75, 3.05) is 19.6 Å². The van der Waals surface area contributed by atoms with E-state index in [9.17, 15) is 4.79 Å². The van der Waals surface area contributed by atoms with Crippen LogP contribution in [0.3, 0.4) is 0 Å². The van der Waals surface area contributed by atoms with Crippen molar-refractivity contribution < 1.29 is 4.79 Å². The van der Waals surface area contributed by atoms with Crippen LogP contribution in [0.5, 0.6) is 0 Å². The van der Waals surface area contributed by atoms with Gasteiger partial charge in [-0.3, -0.25) is 4.79 Å². The number of rotatable bonds is 1. The van der Waals surface area contributed by atoms with Crippen molar-refractivity contribution in [1.29, 1.82) is 0 Å². The zero-order valence-electron chi connectivity index (χ0n) is 7.55. The Morgan fingerprint density at radius 3 is 2.58 bits per heavy atom. The minimum atomic E-state index is 0.292. The first-order valence-corrected chi connectivity index (χ1v) is 4.80. The number of carbonyl (C=O) groups is 1. The number of β-lactam (4-membered cyclic amide) rings is 1. The maximum absolute atomic E-state index is 11.4. The normalized spacial score (nSPS) is 31.9. The summed E-state index contributed by atoms with van der Waals surface area (Å²) >= 11 is 0. The average molecular weight is 168 g/mol. The van der Waals surface area contributed by atoms with Crippen molar-refractivity contribution in [3.05, 3.63) is 0 Å². The molecule has 0 bridgehead atoms. The smallest absolute Gasteiger partial charge is 0.227 e. The van der Waals surface area contributed by atoms with Gasteiger partial charge in [0.25, 0.3) is 0 Å². The molecule has 3 nitrogen and oxygen atoms in total. The molecule has 0 radical (unpaired) electrons. The highest BCUT2D eigenvalue weighted by Crippen LogP contribution is 2.23. The molecule has 0 aromatic heterocycles. The number of nitrogens with one attached hydrogen (secondary N) is 1. The molecule has 0 aromatic carbocycles. The van der Waals surface area contributed by atoms with Crippen molar-refractivity contribution in [2.24, 2.45) is 5.92 Å². The molecule has 3 heteroatoms. The van der Waals surface area contributed by atoms with Crippen molar-refractivity contribution in [3.63, 3.8) is 0 Å². The molecule has 1 unspecified atom stereocenters. The fraction of sp³-hybridized carbons (Fsp3) is 0.889. The molecule has 0 aliphatic carbocycles. The van der Waals surface area contributed by atoms with Crippen LogP contribution >= 0.6 is 0 Å². The lowest BCUT2D eigenvalue weighted by atomic mass is 9.94. The van der Waals surface area contributed by atoms with Gasteiger partial charge in [-0.05, 0) is 25.9 Å². The van der Waals surface area contributed by atoms with Gasteiger partial charge in [0, 0.05) is 12.6 Å². The van der Waals surface area contributed by atoms with Crippen LogP contribution in [0.4, 0.5) is 0 Å². The molecule has 2 aliphatic heterocycles. The minimum absolute atomic E-state index is 0.292. The van der Waals surface area contributed by atoms with E-state index in [1.807, 2.05) is 11.8 Å². The molecule has 68 valence electrons. The largest absolute Gasteiger partial charge is 0.339 e. The summed E-state index contributed by atoms with van der Waals surface area (Å²) in [5.74, 6) is 0.654. The highest BCUT2D eigenvalue weighted by molar-refractivity contribution is 5.84. The van der Waals surface area contributed by atoms with Crippen LogP contribution in [0, 0.1) is 5.92 Å². The molecule has 1 N–H and O–H groups in total. The van der Waals surface area contributed by atoms with Gasteiger partial charge in [-0.25, -0.2) is 0 Å². The lowest BCUT2D eigenvalue weighted by molar-refractivity contribution is -0.151. The Kier molecular flexibility index (Phi) is 2.05. The van der Waals surface area contributed by atoms with Gasteiger partial charge >= 0.3 is 0 Å². The Labute approximate surface area is 73.1 Å². The van der Waals surface area contributed by atoms with Crippen LogP contribution in [-0.4, -0.2) is 36.5 Å². The van der Waals surface area contributed by atoms with Crippen molar-refractivity contribution in [3.8, 4) is 0 Å². The summed E-state index contributed by atoms with van der Waals surface area (Å²) in [6.45, 7) is 5.15. The monoisotopic (exact) mass is 168 g/mol. The van der Waals surface area contributed by atoms with Gasteiger partial charge in [0.05, 0.1) is 5.92 Å². The summed E-state index contributed by atoms with van der Waals surface area (Å²) in [7, 11) is 0. The summed E-state index contributed by atoms with van der Waals surface area (Å²) in [5.41, 5.74) is 0. The summed E-state index contributed by atoms with van der Waals surface area (Å²) in [5, 5.41) is 3.31. The van der Waals surface area contributed by atoms with Gasteiger partial charge in [0.2, 0.25) is 5.91 Å². The van der Waals surface area contributed by atoms with Crippen LogP contribution in [0.15, 0.2) is 0 Å². The predicted octanol–water partition coefficient (Wildman–Crippen LogP) is 0.217. The molecule has 0 aromatic rings. The molecular formula is C9H16N2O. The van der Waals surface area contributed by atoms with Gasteiger partial charge in [-0.2, -0.15) is 0 Å². The second-order valence-electron chi connectivity index (χ2n) is 3.87. The first-order valence-electron chi connectivity index (χ1n) is 4.80. The van der Waals surface area contributed by atoms with E-state index >= 15 is 0 Å². The third-order valence-electron chi connectivity index (χ3n) is 2.92. The molecule has 1 atom stereocenters. The SMILES string of the molecule is CC1CN(C2CCNCC2)C1=O. The van der Waals surface area contributed by atoms with E-state index in [4.69, 9.17) is 0 Å². The van der Waals surface area contributed by atoms with Crippen LogP contribution in [0.25, 0.3) is 0 Å². The molecule has 12 heavy (non-hydrogen) atoms. The van der Waals surface area contributed by atoms with Gasteiger partial charge < -0.3 is 10.2 Å². The molecule has 0 spiro atoms. The Morgan fingerprint density at radius 1 is 1.42 bits per heavy atom. The van der Waals surface area contributed by atoms with Gasteiger partial charge in [0.15, 0.2) is 0 Å². The van der Waals surface area contributed by atoms with E-state index < -0.39 is 0 Å². The van der Waals surface area contributed by atoms with E-state index in [0.717, 1.165) is 32.5 Å². The zero-order chi connectivity index (χ0) is 8.55. The highest BCUT2D eigenvalue weighted by atomic mass is 16.2. The molecule has 1 amide bonds. The Bertz CT molecular complexity index is 187. The van der Waals surface area contributed by atoms with E-state index in [1.54, 1.807) is 0 Å². The topological polar surface area (TPSA) is 32.3 Å². The number of carbonyl (C=O) groups excluding carboxylic acids is 1. The fourth-order valence-electron chi connectivity index (χ4n) is 2.08. The molecule has 2 aliphatic rings. The van der Waals surface area contributed by atoms with E-state index in [-0.39, 0.29) is 0 Å². The second kappa shape index (κ2) is 3.05. The number of amides is 1. The molecule has 2 rings (SSSR count). The van der Waals surface area contributed by atoms with E-state index in [0.29, 0.717) is 17.9 Å². The number of nitrogens with zero attached hydrogens (tertiary/aromatic N) is 1. The summed E-state index contributed by atoms with van der Waals surface area (Å²) in [6, 6.07) is 0.537. The molecule has 0 saturated carbocycles. The molecular weight excluding hydrogens is 152 g/mol. The van der Waals surface area contributed by atoms with E-state index in [1.165, 1.54) is 0 Å². The standard InChI is InChI=1S/C9H16N2O/c1-7-6-11(9(7)12)8-2-4-10-5-3-8/h7-8,10H,2-6H2,1H3. The Morgan fingerprint density at radius 2 is 2.08 bits per heavy atom. The fourth-order valence-corrected chi connectivity index (χ4v) is 2.08. The first-order chi connectivity index (χ1) is 5.79. The maximum atomic E-state index is 11.4. The minimum Gasteiger partial charge on any atom is -0.339 e. The van der Waals surface area contributed by atoms with Gasteiger partial charge in [-0.15, -0.1) is 0 Å². The summed E-state index contributed by atoms with van der Waals surface area (Å²) in [4.78, 5) is 13.4. The lowest BCUT2D eigenvalue weighted by Crippen LogP contribution is -2.58. The highest BCUT2D eigenvalue weighted by Gasteiger charge is 2.37. The maximum Gasteiger partial charge on any atom is 0.227 e. The quantitative estimate of drug-likeness (QED) is 0.568. The summed E-state index contributed by atoms with van der Waals surface area (Å²) in [6.07, 6.45) is 2.27. The number of hydrogen-bond donors (Lipinski definition) is 1. The van der Waals surface area contributed by atoms with E-state index in [2.05, 4.69) is 5.32 Å². The van der Waals surface area contributed by atoms with Crippen LogP contribution < -0.4 is 5.32 Å². The second-order valence-corrected chi connectivity index (χ2v) is 3.87. The van der Waals surface area contributed by atoms with Crippen LogP contribution in [0.1, 0.15) is 19.8 Å². The molecule has 2 saturated heterocycles. The molecule has 2 heterocycles. The van der Waals surface area contributed by atoms with Crippen LogP contribution in [-0.2, 0) is 4.79 Å². The van der Waals surface area contributed by atoms with Crippen molar-refractivity contribution in [2.45, 2.75) is 25.8 Å². The Balaban J connectivity index is 1.88. The third-order valence-corrected chi connectivity index (χ3v) is 2.92.